The predicted molar refractivity (Wildman–Crippen MR) is 137 cm³/mol. The van der Waals surface area contributed by atoms with Crippen LogP contribution in [-0.4, -0.2) is 47.4 Å². The van der Waals surface area contributed by atoms with Crippen LogP contribution in [0.4, 0.5) is 18.9 Å². The van der Waals surface area contributed by atoms with E-state index in [9.17, 15) is 31.5 Å². The lowest BCUT2D eigenvalue weighted by Crippen LogP contribution is -2.45. The monoisotopic (exact) mass is 556 g/mol. The summed E-state index contributed by atoms with van der Waals surface area (Å²) >= 11 is 0. The number of hydrogen-bond donors (Lipinski definition) is 2. The summed E-state index contributed by atoms with van der Waals surface area (Å²) in [6.45, 7) is 0.214. The Morgan fingerprint density at radius 1 is 0.949 bits per heavy atom. The molecular weight excluding hydrogens is 533 g/mol. The minimum atomic E-state index is -4.63. The second-order valence-electron chi connectivity index (χ2n) is 9.24. The Hall–Kier alpha value is -4.03. The first-order chi connectivity index (χ1) is 18.5. The Morgan fingerprint density at radius 2 is 1.62 bits per heavy atom. The van der Waals surface area contributed by atoms with Crippen molar-refractivity contribution in [1.29, 1.82) is 0 Å². The predicted octanol–water partition coefficient (Wildman–Crippen LogP) is 4.57. The first kappa shape index (κ1) is 26.6. The fourth-order valence-electron chi connectivity index (χ4n) is 4.55. The van der Waals surface area contributed by atoms with Crippen molar-refractivity contribution in [3.8, 4) is 0 Å². The van der Waals surface area contributed by atoms with Gasteiger partial charge in [-0.05, 0) is 61.4 Å². The van der Waals surface area contributed by atoms with Gasteiger partial charge < -0.3 is 10.0 Å². The number of para-hydroxylation sites is 1. The minimum absolute atomic E-state index is 0.0179. The van der Waals surface area contributed by atoms with Crippen LogP contribution in [0.1, 0.15) is 34.6 Å². The van der Waals surface area contributed by atoms with Gasteiger partial charge in [0.25, 0.3) is 15.9 Å². The average Bonchev–Trinajstić information content (AvgIpc) is 2.92. The molecule has 0 spiro atoms. The summed E-state index contributed by atoms with van der Waals surface area (Å²) in [7, 11) is -3.96. The first-order valence-electron chi connectivity index (χ1n) is 12.0. The van der Waals surface area contributed by atoms with Crippen LogP contribution < -0.4 is 4.72 Å². The van der Waals surface area contributed by atoms with Crippen LogP contribution in [0, 0.1) is 0 Å². The van der Waals surface area contributed by atoms with Crippen molar-refractivity contribution in [2.75, 3.05) is 17.8 Å². The van der Waals surface area contributed by atoms with Gasteiger partial charge in [0.2, 0.25) is 0 Å². The average molecular weight is 557 g/mol. The Balaban J connectivity index is 1.26. The summed E-state index contributed by atoms with van der Waals surface area (Å²) in [5.41, 5.74) is -1.86. The number of nitrogens with zero attached hydrogens (tertiary/aromatic N) is 3. The number of aromatic nitrogens is 2. The summed E-state index contributed by atoms with van der Waals surface area (Å²) in [6, 6.07) is 17.6. The summed E-state index contributed by atoms with van der Waals surface area (Å²) in [4.78, 5) is 22.3. The molecule has 0 atom stereocenters. The van der Waals surface area contributed by atoms with E-state index in [2.05, 4.69) is 14.7 Å². The highest BCUT2D eigenvalue weighted by molar-refractivity contribution is 7.93. The van der Waals surface area contributed by atoms with Crippen molar-refractivity contribution in [2.24, 2.45) is 0 Å². The zero-order valence-electron chi connectivity index (χ0n) is 20.4. The molecule has 0 bridgehead atoms. The standard InChI is InChI=1S/C27H23F3N4O4S/c28-27(29,30)23-8-2-7-22(32-23)26(36)13-16-34(17-14-26)25(35)19-9-11-20(12-10-19)33-39(37,38)21-6-1-4-18-5-3-15-31-24(18)21/h1-12,15,33,36H,13-14,16-17H2. The number of benzene rings is 2. The first-order valence-corrected chi connectivity index (χ1v) is 13.5. The molecular formula is C27H23F3N4O4S. The highest BCUT2D eigenvalue weighted by Crippen LogP contribution is 2.35. The van der Waals surface area contributed by atoms with Crippen LogP contribution in [0.5, 0.6) is 0 Å². The number of halogens is 3. The molecule has 0 radical (unpaired) electrons. The lowest BCUT2D eigenvalue weighted by atomic mass is 9.87. The normalized spacial score (nSPS) is 15.7. The third-order valence-corrected chi connectivity index (χ3v) is 8.08. The van der Waals surface area contributed by atoms with E-state index in [1.165, 1.54) is 53.6 Å². The molecule has 2 aromatic heterocycles. The van der Waals surface area contributed by atoms with Crippen molar-refractivity contribution in [2.45, 2.75) is 29.5 Å². The molecule has 202 valence electrons. The van der Waals surface area contributed by atoms with Crippen LogP contribution in [0.3, 0.4) is 0 Å². The van der Waals surface area contributed by atoms with E-state index in [1.807, 2.05) is 0 Å². The summed E-state index contributed by atoms with van der Waals surface area (Å²) in [5.74, 6) is -0.346. The maximum atomic E-state index is 13.0. The number of fused-ring (bicyclic) bond motifs is 1. The Kier molecular flexibility index (Phi) is 6.77. The lowest BCUT2D eigenvalue weighted by Gasteiger charge is -2.38. The number of piperidine rings is 1. The molecule has 5 rings (SSSR count). The van der Waals surface area contributed by atoms with Crippen LogP contribution in [-0.2, 0) is 21.8 Å². The number of rotatable bonds is 5. The third kappa shape index (κ3) is 5.43. The van der Waals surface area contributed by atoms with Gasteiger partial charge >= 0.3 is 6.18 Å². The number of aliphatic hydroxyl groups is 1. The second kappa shape index (κ2) is 9.93. The molecule has 1 amide bonds. The van der Waals surface area contributed by atoms with Crippen LogP contribution in [0.25, 0.3) is 10.9 Å². The van der Waals surface area contributed by atoms with E-state index in [-0.39, 0.29) is 48.1 Å². The molecule has 0 saturated carbocycles. The number of pyridine rings is 2. The van der Waals surface area contributed by atoms with Crippen molar-refractivity contribution < 1.29 is 31.5 Å². The molecule has 2 aromatic carbocycles. The Bertz CT molecular complexity index is 1630. The number of anilines is 1. The van der Waals surface area contributed by atoms with Gasteiger partial charge in [0.15, 0.2) is 0 Å². The van der Waals surface area contributed by atoms with Gasteiger partial charge in [-0.3, -0.25) is 14.5 Å². The molecule has 12 heteroatoms. The maximum Gasteiger partial charge on any atom is 0.433 e. The van der Waals surface area contributed by atoms with Gasteiger partial charge in [-0.25, -0.2) is 13.4 Å². The number of sulfonamides is 1. The lowest BCUT2D eigenvalue weighted by molar-refractivity contribution is -0.141. The van der Waals surface area contributed by atoms with E-state index < -0.39 is 27.5 Å². The van der Waals surface area contributed by atoms with Gasteiger partial charge in [-0.2, -0.15) is 13.2 Å². The number of alkyl halides is 3. The van der Waals surface area contributed by atoms with Gasteiger partial charge in [0.05, 0.1) is 11.2 Å². The van der Waals surface area contributed by atoms with E-state index in [0.29, 0.717) is 16.5 Å². The summed E-state index contributed by atoms with van der Waals surface area (Å²) < 4.78 is 67.7. The highest BCUT2D eigenvalue weighted by atomic mass is 32.2. The van der Waals surface area contributed by atoms with Crippen molar-refractivity contribution in [1.82, 2.24) is 14.9 Å². The van der Waals surface area contributed by atoms with E-state index in [0.717, 1.165) is 6.07 Å². The zero-order chi connectivity index (χ0) is 27.8. The molecule has 1 saturated heterocycles. The number of nitrogens with one attached hydrogen (secondary N) is 1. The molecule has 4 aromatic rings. The topological polar surface area (TPSA) is 112 Å². The molecule has 1 aliphatic rings. The fourth-order valence-corrected chi connectivity index (χ4v) is 5.79. The number of carbonyl (C=O) groups excluding carboxylic acids is 1. The number of likely N-dealkylation sites (tertiary alicyclic amines) is 1. The van der Waals surface area contributed by atoms with Crippen molar-refractivity contribution in [3.63, 3.8) is 0 Å². The smallest absolute Gasteiger partial charge is 0.383 e. The molecule has 3 heterocycles. The molecule has 2 N–H and O–H groups in total. The second-order valence-corrected chi connectivity index (χ2v) is 10.9. The fraction of sp³-hybridized carbons (Fsp3) is 0.222. The molecule has 39 heavy (non-hydrogen) atoms. The molecule has 1 aliphatic heterocycles. The number of hydrogen-bond acceptors (Lipinski definition) is 6. The SMILES string of the molecule is O=C(c1ccc(NS(=O)(=O)c2cccc3cccnc23)cc1)N1CCC(O)(c2cccc(C(F)(F)F)n2)CC1. The highest BCUT2D eigenvalue weighted by Gasteiger charge is 2.39. The summed E-state index contributed by atoms with van der Waals surface area (Å²) in [5, 5.41) is 11.6. The number of amides is 1. The maximum absolute atomic E-state index is 13.0. The molecule has 0 unspecified atom stereocenters. The van der Waals surface area contributed by atoms with Gasteiger partial charge in [0.1, 0.15) is 16.2 Å². The molecule has 8 nitrogen and oxygen atoms in total. The Labute approximate surface area is 222 Å². The van der Waals surface area contributed by atoms with Gasteiger partial charge in [-0.1, -0.05) is 24.3 Å². The molecule has 0 aliphatic carbocycles. The largest absolute Gasteiger partial charge is 0.433 e. The van der Waals surface area contributed by atoms with Crippen LogP contribution in [0.15, 0.2) is 83.9 Å². The molecule has 1 fully saturated rings. The van der Waals surface area contributed by atoms with E-state index >= 15 is 0 Å². The van der Waals surface area contributed by atoms with Crippen molar-refractivity contribution >= 4 is 32.5 Å². The van der Waals surface area contributed by atoms with Crippen molar-refractivity contribution in [3.05, 3.63) is 95.9 Å². The van der Waals surface area contributed by atoms with Crippen LogP contribution >= 0.6 is 0 Å². The van der Waals surface area contributed by atoms with Crippen LogP contribution in [0.2, 0.25) is 0 Å². The zero-order valence-corrected chi connectivity index (χ0v) is 21.2. The summed E-state index contributed by atoms with van der Waals surface area (Å²) in [6.07, 6.45) is -3.08. The van der Waals surface area contributed by atoms with E-state index in [1.54, 1.807) is 24.3 Å². The third-order valence-electron chi connectivity index (χ3n) is 6.66. The van der Waals surface area contributed by atoms with Gasteiger partial charge in [-0.15, -0.1) is 0 Å². The number of carbonyl (C=O) groups is 1. The van der Waals surface area contributed by atoms with Gasteiger partial charge in [0, 0.05) is 35.9 Å². The Morgan fingerprint density at radius 3 is 2.31 bits per heavy atom. The minimum Gasteiger partial charge on any atom is -0.383 e. The van der Waals surface area contributed by atoms with E-state index in [4.69, 9.17) is 0 Å². The quantitative estimate of drug-likeness (QED) is 0.372.